The number of anilines is 1. The van der Waals surface area contributed by atoms with Gasteiger partial charge in [-0.05, 0) is 23.8 Å². The minimum atomic E-state index is -0.547. The molecule has 1 atom stereocenters. The first-order chi connectivity index (χ1) is 12.7. The zero-order valence-electron chi connectivity index (χ0n) is 14.1. The van der Waals surface area contributed by atoms with Crippen molar-refractivity contribution in [3.63, 3.8) is 0 Å². The van der Waals surface area contributed by atoms with Crippen LogP contribution in [0.1, 0.15) is 17.9 Å². The predicted octanol–water partition coefficient (Wildman–Crippen LogP) is 2.01. The van der Waals surface area contributed by atoms with E-state index in [1.165, 1.54) is 0 Å². The van der Waals surface area contributed by atoms with Gasteiger partial charge < -0.3 is 14.5 Å². The number of aryl methyl sites for hydroxylation is 1. The van der Waals surface area contributed by atoms with Gasteiger partial charge in [0.05, 0.1) is 12.6 Å². The Bertz CT molecular complexity index is 910. The van der Waals surface area contributed by atoms with Gasteiger partial charge >= 0.3 is 0 Å². The van der Waals surface area contributed by atoms with Crippen LogP contribution in [-0.4, -0.2) is 38.8 Å². The molecule has 26 heavy (non-hydrogen) atoms. The molecule has 0 saturated carbocycles. The van der Waals surface area contributed by atoms with Gasteiger partial charge in [-0.2, -0.15) is 4.98 Å². The zero-order chi connectivity index (χ0) is 17.9. The third-order valence-electron chi connectivity index (χ3n) is 4.37. The summed E-state index contributed by atoms with van der Waals surface area (Å²) in [6.07, 6.45) is 3.93. The molecule has 1 N–H and O–H groups in total. The number of aliphatic hydroxyl groups excluding tert-OH is 1. The van der Waals surface area contributed by atoms with Crippen molar-refractivity contribution in [3.8, 4) is 11.4 Å². The average molecular weight is 350 g/mol. The Morgan fingerprint density at radius 3 is 3.00 bits per heavy atom. The molecule has 2 aromatic heterocycles. The number of hydrogen-bond donors (Lipinski definition) is 1. The molecule has 3 heterocycles. The van der Waals surface area contributed by atoms with Gasteiger partial charge in [-0.3, -0.25) is 9.78 Å². The van der Waals surface area contributed by atoms with E-state index in [0.717, 1.165) is 16.8 Å². The highest BCUT2D eigenvalue weighted by atomic mass is 16.5. The summed E-state index contributed by atoms with van der Waals surface area (Å²) in [5.41, 5.74) is 2.61. The van der Waals surface area contributed by atoms with E-state index in [-0.39, 0.29) is 12.3 Å². The molecule has 0 aliphatic carbocycles. The number of aromatic nitrogens is 3. The maximum atomic E-state index is 12.7. The van der Waals surface area contributed by atoms with Crippen LogP contribution in [-0.2, 0) is 17.6 Å². The minimum absolute atomic E-state index is 0.0719. The third-order valence-corrected chi connectivity index (χ3v) is 4.37. The number of aliphatic hydroxyl groups is 1. The molecule has 0 radical (unpaired) electrons. The maximum absolute atomic E-state index is 12.7. The van der Waals surface area contributed by atoms with Crippen LogP contribution in [0.5, 0.6) is 0 Å². The number of benzene rings is 1. The number of carbonyl (C=O) groups excluding carboxylic acids is 1. The van der Waals surface area contributed by atoms with Crippen LogP contribution in [0.15, 0.2) is 53.3 Å². The quantitative estimate of drug-likeness (QED) is 0.774. The Hall–Kier alpha value is -3.06. The lowest BCUT2D eigenvalue weighted by atomic mass is 9.99. The Morgan fingerprint density at radius 2 is 2.15 bits per heavy atom. The SMILES string of the molecule is O=C(CCc1nc(-c2cccnc2)no1)N1CC(O)Cc2ccccc21. The van der Waals surface area contributed by atoms with Crippen molar-refractivity contribution < 1.29 is 14.4 Å². The number of carbonyl (C=O) groups is 1. The summed E-state index contributed by atoms with van der Waals surface area (Å²) in [4.78, 5) is 22.7. The molecule has 1 aromatic carbocycles. The number of para-hydroxylation sites is 1. The van der Waals surface area contributed by atoms with Crippen molar-refractivity contribution in [2.24, 2.45) is 0 Å². The second-order valence-electron chi connectivity index (χ2n) is 6.24. The first-order valence-electron chi connectivity index (χ1n) is 8.50. The van der Waals surface area contributed by atoms with E-state index < -0.39 is 6.10 Å². The molecule has 0 bridgehead atoms. The number of rotatable bonds is 4. The lowest BCUT2D eigenvalue weighted by molar-refractivity contribution is -0.119. The lowest BCUT2D eigenvalue weighted by Gasteiger charge is -2.32. The molecule has 0 spiro atoms. The molecule has 1 aliphatic heterocycles. The fourth-order valence-electron chi connectivity index (χ4n) is 3.13. The minimum Gasteiger partial charge on any atom is -0.391 e. The average Bonchev–Trinajstić information content (AvgIpc) is 3.15. The molecule has 132 valence electrons. The first-order valence-corrected chi connectivity index (χ1v) is 8.50. The predicted molar refractivity (Wildman–Crippen MR) is 94.4 cm³/mol. The smallest absolute Gasteiger partial charge is 0.227 e. The van der Waals surface area contributed by atoms with Crippen LogP contribution in [0, 0.1) is 0 Å². The summed E-state index contributed by atoms with van der Waals surface area (Å²) >= 11 is 0. The molecule has 1 aliphatic rings. The number of fused-ring (bicyclic) bond motifs is 1. The highest BCUT2D eigenvalue weighted by molar-refractivity contribution is 5.94. The maximum Gasteiger partial charge on any atom is 0.227 e. The highest BCUT2D eigenvalue weighted by Gasteiger charge is 2.27. The van der Waals surface area contributed by atoms with E-state index in [9.17, 15) is 9.90 Å². The van der Waals surface area contributed by atoms with Gasteiger partial charge in [-0.15, -0.1) is 0 Å². The second kappa shape index (κ2) is 7.05. The normalized spacial score (nSPS) is 16.3. The molecule has 7 heteroatoms. The van der Waals surface area contributed by atoms with Crippen molar-refractivity contribution in [1.29, 1.82) is 0 Å². The molecule has 4 rings (SSSR count). The number of pyridine rings is 1. The third kappa shape index (κ3) is 3.34. The molecule has 1 amide bonds. The Balaban J connectivity index is 1.44. The van der Waals surface area contributed by atoms with Crippen molar-refractivity contribution in [1.82, 2.24) is 15.1 Å². The highest BCUT2D eigenvalue weighted by Crippen LogP contribution is 2.27. The van der Waals surface area contributed by atoms with Crippen LogP contribution in [0.3, 0.4) is 0 Å². The Labute approximate surface area is 150 Å². The van der Waals surface area contributed by atoms with E-state index >= 15 is 0 Å². The summed E-state index contributed by atoms with van der Waals surface area (Å²) in [5, 5.41) is 14.0. The number of β-amino-alcohol motifs (C(OH)–C–C–N with tert-alkyl or cyclic N) is 1. The monoisotopic (exact) mass is 350 g/mol. The van der Waals surface area contributed by atoms with Crippen molar-refractivity contribution in [2.75, 3.05) is 11.4 Å². The number of nitrogens with zero attached hydrogens (tertiary/aromatic N) is 4. The van der Waals surface area contributed by atoms with E-state index in [4.69, 9.17) is 4.52 Å². The van der Waals surface area contributed by atoms with E-state index in [1.54, 1.807) is 23.4 Å². The van der Waals surface area contributed by atoms with Gasteiger partial charge in [0.25, 0.3) is 0 Å². The summed E-state index contributed by atoms with van der Waals surface area (Å²) in [6, 6.07) is 11.3. The first kappa shape index (κ1) is 16.4. The molecule has 7 nitrogen and oxygen atoms in total. The van der Waals surface area contributed by atoms with Crippen LogP contribution < -0.4 is 4.90 Å². The van der Waals surface area contributed by atoms with Crippen LogP contribution >= 0.6 is 0 Å². The van der Waals surface area contributed by atoms with Gasteiger partial charge in [-0.1, -0.05) is 23.4 Å². The summed E-state index contributed by atoms with van der Waals surface area (Å²) < 4.78 is 5.24. The Morgan fingerprint density at radius 1 is 1.27 bits per heavy atom. The molecule has 0 saturated heterocycles. The van der Waals surface area contributed by atoms with Gasteiger partial charge in [0.2, 0.25) is 17.6 Å². The van der Waals surface area contributed by atoms with E-state index in [1.807, 2.05) is 30.3 Å². The fraction of sp³-hybridized carbons (Fsp3) is 0.263. The van der Waals surface area contributed by atoms with Crippen LogP contribution in [0.4, 0.5) is 5.69 Å². The molecule has 3 aromatic rings. The summed E-state index contributed by atoms with van der Waals surface area (Å²) in [5.74, 6) is 0.791. The van der Waals surface area contributed by atoms with E-state index in [2.05, 4.69) is 15.1 Å². The van der Waals surface area contributed by atoms with Gasteiger partial charge in [0.15, 0.2) is 0 Å². The summed E-state index contributed by atoms with van der Waals surface area (Å²) in [7, 11) is 0. The van der Waals surface area contributed by atoms with Crippen molar-refractivity contribution in [2.45, 2.75) is 25.4 Å². The fourth-order valence-corrected chi connectivity index (χ4v) is 3.13. The zero-order valence-corrected chi connectivity index (χ0v) is 14.1. The number of amides is 1. The van der Waals surface area contributed by atoms with E-state index in [0.29, 0.717) is 31.1 Å². The van der Waals surface area contributed by atoms with Crippen LogP contribution in [0.25, 0.3) is 11.4 Å². The second-order valence-corrected chi connectivity index (χ2v) is 6.24. The molecule has 1 unspecified atom stereocenters. The van der Waals surface area contributed by atoms with Crippen LogP contribution in [0.2, 0.25) is 0 Å². The lowest BCUT2D eigenvalue weighted by Crippen LogP contribution is -2.42. The largest absolute Gasteiger partial charge is 0.391 e. The number of hydrogen-bond acceptors (Lipinski definition) is 6. The summed E-state index contributed by atoms with van der Waals surface area (Å²) in [6.45, 7) is 0.306. The Kier molecular flexibility index (Phi) is 4.45. The molecular weight excluding hydrogens is 332 g/mol. The topological polar surface area (TPSA) is 92.3 Å². The molecule has 0 fully saturated rings. The van der Waals surface area contributed by atoms with Gasteiger partial charge in [0.1, 0.15) is 0 Å². The van der Waals surface area contributed by atoms with Gasteiger partial charge in [0, 0.05) is 42.9 Å². The van der Waals surface area contributed by atoms with Crippen molar-refractivity contribution in [3.05, 3.63) is 60.2 Å². The van der Waals surface area contributed by atoms with Crippen molar-refractivity contribution >= 4 is 11.6 Å². The van der Waals surface area contributed by atoms with Gasteiger partial charge in [-0.25, -0.2) is 0 Å². The molecular formula is C19H18N4O3. The standard InChI is InChI=1S/C19H18N4O3/c24-15-10-13-4-1-2-6-16(13)23(12-15)18(25)8-7-17-21-19(22-26-17)14-5-3-9-20-11-14/h1-6,9,11,15,24H,7-8,10,12H2.